The number of aliphatic hydroxyl groups excluding tert-OH is 1. The molecule has 0 aromatic carbocycles. The highest BCUT2D eigenvalue weighted by Gasteiger charge is 2.16. The van der Waals surface area contributed by atoms with Crippen LogP contribution in [0.2, 0.25) is 0 Å². The van der Waals surface area contributed by atoms with E-state index in [9.17, 15) is 14.7 Å². The van der Waals surface area contributed by atoms with Gasteiger partial charge in [-0.05, 0) is 44.9 Å². The molecule has 5 nitrogen and oxygen atoms in total. The molecular formula is C48H90O5. The summed E-state index contributed by atoms with van der Waals surface area (Å²) < 4.78 is 10.7. The van der Waals surface area contributed by atoms with Gasteiger partial charge in [0.2, 0.25) is 0 Å². The number of hydrogen-bond donors (Lipinski definition) is 1. The van der Waals surface area contributed by atoms with E-state index >= 15 is 0 Å². The number of hydrogen-bond acceptors (Lipinski definition) is 5. The lowest BCUT2D eigenvalue weighted by Crippen LogP contribution is -2.28. The predicted octanol–water partition coefficient (Wildman–Crippen LogP) is 15.0. The van der Waals surface area contributed by atoms with Gasteiger partial charge in [0.05, 0.1) is 6.61 Å². The summed E-state index contributed by atoms with van der Waals surface area (Å²) in [6, 6.07) is 0. The molecule has 0 saturated heterocycles. The molecule has 1 atom stereocenters. The Bertz CT molecular complexity index is 806. The zero-order valence-corrected chi connectivity index (χ0v) is 35.5. The Balaban J connectivity index is 3.48. The highest BCUT2D eigenvalue weighted by atomic mass is 16.6. The van der Waals surface area contributed by atoms with E-state index in [1.807, 2.05) is 0 Å². The molecule has 0 rings (SSSR count). The molecule has 1 unspecified atom stereocenters. The summed E-state index contributed by atoms with van der Waals surface area (Å²) >= 11 is 0. The van der Waals surface area contributed by atoms with Gasteiger partial charge in [0.15, 0.2) is 6.10 Å². The minimum Gasteiger partial charge on any atom is -0.462 e. The summed E-state index contributed by atoms with van der Waals surface area (Å²) in [5, 5.41) is 9.60. The van der Waals surface area contributed by atoms with Crippen molar-refractivity contribution in [2.75, 3.05) is 13.2 Å². The maximum absolute atomic E-state index is 12.2. The largest absolute Gasteiger partial charge is 0.462 e. The van der Waals surface area contributed by atoms with Crippen molar-refractivity contribution in [3.05, 3.63) is 24.3 Å². The molecule has 0 saturated carbocycles. The van der Waals surface area contributed by atoms with Gasteiger partial charge in [-0.3, -0.25) is 9.59 Å². The normalized spacial score (nSPS) is 12.3. The SMILES string of the molecule is CCCCC/C=C\C/C=C\CCCCCCCCCCCC(=O)OC(CO)COC(=O)CCCCCCCCCCCCCCCCCCCCCC. The highest BCUT2D eigenvalue weighted by molar-refractivity contribution is 5.70. The van der Waals surface area contributed by atoms with Crippen molar-refractivity contribution < 1.29 is 24.2 Å². The Morgan fingerprint density at radius 2 is 0.755 bits per heavy atom. The first kappa shape index (κ1) is 51.4. The van der Waals surface area contributed by atoms with Crippen LogP contribution in [0.3, 0.4) is 0 Å². The molecular weight excluding hydrogens is 657 g/mol. The van der Waals surface area contributed by atoms with Crippen molar-refractivity contribution >= 4 is 11.9 Å². The molecule has 1 N–H and O–H groups in total. The quantitative estimate of drug-likeness (QED) is 0.0382. The van der Waals surface area contributed by atoms with Gasteiger partial charge >= 0.3 is 11.9 Å². The van der Waals surface area contributed by atoms with Gasteiger partial charge in [0.1, 0.15) is 6.61 Å². The molecule has 0 amide bonds. The smallest absolute Gasteiger partial charge is 0.306 e. The lowest BCUT2D eigenvalue weighted by atomic mass is 10.0. The van der Waals surface area contributed by atoms with E-state index in [2.05, 4.69) is 38.2 Å². The van der Waals surface area contributed by atoms with E-state index in [-0.39, 0.29) is 25.2 Å². The standard InChI is InChI=1S/C48H90O5/c1-3-5-7-9-11-13-15-17-19-21-23-25-26-28-30-32-34-36-38-40-42-47(50)52-45-46(44-49)53-48(51)43-41-39-37-35-33-31-29-27-24-22-20-18-16-14-12-10-8-6-4-2/h12,14,18,20,46,49H,3-11,13,15-17,19,21-45H2,1-2H3/b14-12-,20-18-. The minimum absolute atomic E-state index is 0.0624. The number of allylic oxidation sites excluding steroid dienone is 4. The van der Waals surface area contributed by atoms with Crippen molar-refractivity contribution in [3.8, 4) is 0 Å². The van der Waals surface area contributed by atoms with Crippen LogP contribution in [0, 0.1) is 0 Å². The molecule has 0 aliphatic carbocycles. The van der Waals surface area contributed by atoms with Gasteiger partial charge in [0.25, 0.3) is 0 Å². The first-order valence-electron chi connectivity index (χ1n) is 23.4. The van der Waals surface area contributed by atoms with Gasteiger partial charge in [-0.1, -0.05) is 218 Å². The van der Waals surface area contributed by atoms with Crippen LogP contribution in [0.4, 0.5) is 0 Å². The molecule has 0 spiro atoms. The van der Waals surface area contributed by atoms with E-state index in [1.165, 1.54) is 186 Å². The summed E-state index contributed by atoms with van der Waals surface area (Å²) in [4.78, 5) is 24.4. The van der Waals surface area contributed by atoms with Gasteiger partial charge in [-0.2, -0.15) is 0 Å². The molecule has 0 aromatic heterocycles. The summed E-state index contributed by atoms with van der Waals surface area (Å²) in [6.07, 6.45) is 54.0. The third kappa shape index (κ3) is 43.0. The second-order valence-electron chi connectivity index (χ2n) is 15.8. The average Bonchev–Trinajstić information content (AvgIpc) is 3.16. The molecule has 0 radical (unpaired) electrons. The van der Waals surface area contributed by atoms with Crippen LogP contribution in [0.15, 0.2) is 24.3 Å². The average molecular weight is 747 g/mol. The number of ether oxygens (including phenoxy) is 2. The molecule has 0 heterocycles. The van der Waals surface area contributed by atoms with Crippen molar-refractivity contribution in [2.24, 2.45) is 0 Å². The van der Waals surface area contributed by atoms with E-state index in [4.69, 9.17) is 9.47 Å². The molecule has 0 bridgehead atoms. The molecule has 0 fully saturated rings. The number of rotatable bonds is 43. The molecule has 0 aliphatic rings. The van der Waals surface area contributed by atoms with Crippen LogP contribution >= 0.6 is 0 Å². The minimum atomic E-state index is -0.769. The van der Waals surface area contributed by atoms with Crippen LogP contribution in [0.25, 0.3) is 0 Å². The second kappa shape index (κ2) is 44.8. The Kier molecular flexibility index (Phi) is 43.4. The molecule has 0 aromatic rings. The lowest BCUT2D eigenvalue weighted by molar-refractivity contribution is -0.161. The van der Waals surface area contributed by atoms with E-state index in [0.29, 0.717) is 12.8 Å². The van der Waals surface area contributed by atoms with Crippen molar-refractivity contribution in [2.45, 2.75) is 258 Å². The van der Waals surface area contributed by atoms with Gasteiger partial charge in [-0.25, -0.2) is 0 Å². The number of esters is 2. The van der Waals surface area contributed by atoms with Crippen LogP contribution in [0.1, 0.15) is 251 Å². The van der Waals surface area contributed by atoms with Crippen molar-refractivity contribution in [1.82, 2.24) is 0 Å². The maximum Gasteiger partial charge on any atom is 0.306 e. The number of aliphatic hydroxyl groups is 1. The Morgan fingerprint density at radius 1 is 0.434 bits per heavy atom. The third-order valence-electron chi connectivity index (χ3n) is 10.5. The fraction of sp³-hybridized carbons (Fsp3) is 0.875. The fourth-order valence-corrected chi connectivity index (χ4v) is 6.94. The van der Waals surface area contributed by atoms with Crippen molar-refractivity contribution in [1.29, 1.82) is 0 Å². The number of carbonyl (C=O) groups excluding carboxylic acids is 2. The first-order valence-corrected chi connectivity index (χ1v) is 23.4. The number of carbonyl (C=O) groups is 2. The zero-order valence-electron chi connectivity index (χ0n) is 35.5. The monoisotopic (exact) mass is 747 g/mol. The third-order valence-corrected chi connectivity index (χ3v) is 10.5. The van der Waals surface area contributed by atoms with Crippen LogP contribution in [0.5, 0.6) is 0 Å². The highest BCUT2D eigenvalue weighted by Crippen LogP contribution is 2.16. The molecule has 5 heteroatoms. The van der Waals surface area contributed by atoms with E-state index < -0.39 is 6.10 Å². The topological polar surface area (TPSA) is 72.8 Å². The second-order valence-corrected chi connectivity index (χ2v) is 15.8. The van der Waals surface area contributed by atoms with Crippen LogP contribution in [-0.2, 0) is 19.1 Å². The van der Waals surface area contributed by atoms with Crippen molar-refractivity contribution in [3.63, 3.8) is 0 Å². The number of unbranched alkanes of at least 4 members (excludes halogenated alkanes) is 31. The van der Waals surface area contributed by atoms with Crippen LogP contribution in [-0.4, -0.2) is 36.4 Å². The first-order chi connectivity index (χ1) is 26.1. The molecule has 0 aliphatic heterocycles. The van der Waals surface area contributed by atoms with Gasteiger partial charge in [0, 0.05) is 12.8 Å². The Hall–Kier alpha value is -1.62. The van der Waals surface area contributed by atoms with Gasteiger partial charge in [-0.15, -0.1) is 0 Å². The van der Waals surface area contributed by atoms with E-state index in [0.717, 1.165) is 38.5 Å². The summed E-state index contributed by atoms with van der Waals surface area (Å²) in [6.45, 7) is 4.14. The molecule has 312 valence electrons. The maximum atomic E-state index is 12.2. The predicted molar refractivity (Wildman–Crippen MR) is 228 cm³/mol. The van der Waals surface area contributed by atoms with Crippen LogP contribution < -0.4 is 0 Å². The Morgan fingerprint density at radius 3 is 1.15 bits per heavy atom. The summed E-state index contributed by atoms with van der Waals surface area (Å²) in [7, 11) is 0. The molecule has 53 heavy (non-hydrogen) atoms. The van der Waals surface area contributed by atoms with Gasteiger partial charge < -0.3 is 14.6 Å². The Labute approximate surface area is 330 Å². The summed E-state index contributed by atoms with van der Waals surface area (Å²) in [5.74, 6) is -0.582. The lowest BCUT2D eigenvalue weighted by Gasteiger charge is -2.15. The summed E-state index contributed by atoms with van der Waals surface area (Å²) in [5.41, 5.74) is 0. The zero-order chi connectivity index (χ0) is 38.6. The fourth-order valence-electron chi connectivity index (χ4n) is 6.94. The van der Waals surface area contributed by atoms with E-state index in [1.54, 1.807) is 0 Å².